The lowest BCUT2D eigenvalue weighted by Gasteiger charge is -2.11. The highest BCUT2D eigenvalue weighted by Gasteiger charge is 2.05. The van der Waals surface area contributed by atoms with Gasteiger partial charge in [0.2, 0.25) is 0 Å². The molecule has 2 aromatic carbocycles. The maximum Gasteiger partial charge on any atom is 0.0726 e. The Morgan fingerprint density at radius 2 is 1.67 bits per heavy atom. The van der Waals surface area contributed by atoms with Crippen molar-refractivity contribution in [2.75, 3.05) is 5.32 Å². The van der Waals surface area contributed by atoms with Crippen molar-refractivity contribution in [2.24, 2.45) is 0 Å². The molecule has 0 radical (unpaired) electrons. The van der Waals surface area contributed by atoms with Gasteiger partial charge in [0.05, 0.1) is 5.52 Å². The number of rotatable bonds is 2. The van der Waals surface area contributed by atoms with Gasteiger partial charge >= 0.3 is 0 Å². The standard InChI is InChI=1S/C17H15ClN2.ClH/c1-11-3-8-16-15(9-11)17(10-12(2)19-16)20-14-6-4-13(18)5-7-14;/h3-10H,1-2H3,(H,19,20);1H/p-1. The number of hydrogen-bond donors (Lipinski definition) is 1. The predicted octanol–water partition coefficient (Wildman–Crippen LogP) is 2.25. The Morgan fingerprint density at radius 3 is 2.38 bits per heavy atom. The molecular formula is C17H15Cl2N2-. The maximum absolute atomic E-state index is 5.92. The summed E-state index contributed by atoms with van der Waals surface area (Å²) in [5.41, 5.74) is 5.31. The molecule has 0 saturated heterocycles. The van der Waals surface area contributed by atoms with Gasteiger partial charge in [-0.05, 0) is 56.3 Å². The minimum Gasteiger partial charge on any atom is -1.00 e. The highest BCUT2D eigenvalue weighted by molar-refractivity contribution is 6.30. The van der Waals surface area contributed by atoms with Crippen LogP contribution in [0.1, 0.15) is 11.3 Å². The largest absolute Gasteiger partial charge is 1.00 e. The van der Waals surface area contributed by atoms with E-state index in [1.807, 2.05) is 31.2 Å². The van der Waals surface area contributed by atoms with Crippen LogP contribution in [0.15, 0.2) is 48.5 Å². The van der Waals surface area contributed by atoms with Crippen LogP contribution in [0, 0.1) is 13.8 Å². The molecule has 0 fully saturated rings. The molecule has 3 aromatic rings. The molecule has 0 aliphatic carbocycles. The fourth-order valence-electron chi connectivity index (χ4n) is 2.26. The molecule has 4 heteroatoms. The summed E-state index contributed by atoms with van der Waals surface area (Å²) in [6, 6.07) is 16.1. The van der Waals surface area contributed by atoms with Crippen LogP contribution in [0.4, 0.5) is 11.4 Å². The summed E-state index contributed by atoms with van der Waals surface area (Å²) in [7, 11) is 0. The van der Waals surface area contributed by atoms with E-state index in [1.165, 1.54) is 5.56 Å². The predicted molar refractivity (Wildman–Crippen MR) is 86.0 cm³/mol. The van der Waals surface area contributed by atoms with Gasteiger partial charge < -0.3 is 17.7 Å². The third-order valence-corrected chi connectivity index (χ3v) is 3.47. The average molecular weight is 318 g/mol. The van der Waals surface area contributed by atoms with Gasteiger partial charge in [-0.1, -0.05) is 23.2 Å². The van der Waals surface area contributed by atoms with Crippen molar-refractivity contribution in [3.63, 3.8) is 0 Å². The maximum atomic E-state index is 5.92. The second-order valence-electron chi connectivity index (χ2n) is 4.96. The zero-order valence-corrected chi connectivity index (χ0v) is 13.3. The van der Waals surface area contributed by atoms with Crippen LogP contribution in [0.25, 0.3) is 10.9 Å². The zero-order chi connectivity index (χ0) is 14.1. The highest BCUT2D eigenvalue weighted by Crippen LogP contribution is 2.27. The van der Waals surface area contributed by atoms with Crippen LogP contribution in [0.3, 0.4) is 0 Å². The van der Waals surface area contributed by atoms with Gasteiger partial charge in [-0.2, -0.15) is 0 Å². The monoisotopic (exact) mass is 317 g/mol. The lowest BCUT2D eigenvalue weighted by atomic mass is 10.1. The Kier molecular flexibility index (Phi) is 4.71. The van der Waals surface area contributed by atoms with Gasteiger partial charge in [-0.25, -0.2) is 0 Å². The Bertz CT molecular complexity index is 768. The van der Waals surface area contributed by atoms with Crippen LogP contribution in [-0.4, -0.2) is 4.98 Å². The molecule has 0 spiro atoms. The van der Waals surface area contributed by atoms with E-state index in [1.54, 1.807) is 0 Å². The summed E-state index contributed by atoms with van der Waals surface area (Å²) in [5, 5.41) is 5.31. The number of anilines is 2. The molecule has 0 atom stereocenters. The van der Waals surface area contributed by atoms with Crippen LogP contribution in [-0.2, 0) is 0 Å². The lowest BCUT2D eigenvalue weighted by molar-refractivity contribution is -0.00000408. The molecule has 0 aliphatic heterocycles. The van der Waals surface area contributed by atoms with E-state index in [4.69, 9.17) is 11.6 Å². The summed E-state index contributed by atoms with van der Waals surface area (Å²) >= 11 is 5.92. The van der Waals surface area contributed by atoms with Gasteiger partial charge in [0, 0.05) is 27.5 Å². The number of pyridine rings is 1. The van der Waals surface area contributed by atoms with Crippen LogP contribution in [0.5, 0.6) is 0 Å². The molecule has 0 amide bonds. The van der Waals surface area contributed by atoms with E-state index in [0.717, 1.165) is 33.0 Å². The fraction of sp³-hybridized carbons (Fsp3) is 0.118. The molecule has 1 heterocycles. The molecule has 21 heavy (non-hydrogen) atoms. The Labute approximate surface area is 135 Å². The van der Waals surface area contributed by atoms with E-state index >= 15 is 0 Å². The summed E-state index contributed by atoms with van der Waals surface area (Å²) in [5.74, 6) is 0. The summed E-state index contributed by atoms with van der Waals surface area (Å²) in [4.78, 5) is 4.57. The van der Waals surface area contributed by atoms with Crippen molar-refractivity contribution < 1.29 is 12.4 Å². The summed E-state index contributed by atoms with van der Waals surface area (Å²) in [6.07, 6.45) is 0. The Balaban J connectivity index is 0.00000161. The second-order valence-corrected chi connectivity index (χ2v) is 5.40. The van der Waals surface area contributed by atoms with Crippen molar-refractivity contribution in [3.05, 3.63) is 64.8 Å². The third kappa shape index (κ3) is 3.46. The van der Waals surface area contributed by atoms with Crippen molar-refractivity contribution >= 4 is 33.9 Å². The van der Waals surface area contributed by atoms with Gasteiger partial charge in [-0.3, -0.25) is 4.98 Å². The quantitative estimate of drug-likeness (QED) is 0.784. The minimum atomic E-state index is 0. The van der Waals surface area contributed by atoms with Gasteiger partial charge in [-0.15, -0.1) is 0 Å². The summed E-state index contributed by atoms with van der Waals surface area (Å²) in [6.45, 7) is 4.09. The topological polar surface area (TPSA) is 24.9 Å². The average Bonchev–Trinajstić information content (AvgIpc) is 2.42. The molecule has 0 saturated carbocycles. The number of nitrogens with zero attached hydrogens (tertiary/aromatic N) is 1. The van der Waals surface area contributed by atoms with Crippen molar-refractivity contribution in [1.82, 2.24) is 4.98 Å². The number of aryl methyl sites for hydroxylation is 2. The number of fused-ring (bicyclic) bond motifs is 1. The third-order valence-electron chi connectivity index (χ3n) is 3.22. The second kappa shape index (κ2) is 6.33. The van der Waals surface area contributed by atoms with Crippen LogP contribution >= 0.6 is 11.6 Å². The molecule has 0 bridgehead atoms. The van der Waals surface area contributed by atoms with E-state index in [-0.39, 0.29) is 12.4 Å². The smallest absolute Gasteiger partial charge is 0.0726 e. The van der Waals surface area contributed by atoms with E-state index in [9.17, 15) is 0 Å². The van der Waals surface area contributed by atoms with Gasteiger partial charge in [0.1, 0.15) is 0 Å². The van der Waals surface area contributed by atoms with E-state index in [2.05, 4.69) is 41.5 Å². The minimum absolute atomic E-state index is 0. The first-order valence-electron chi connectivity index (χ1n) is 6.52. The molecular weight excluding hydrogens is 303 g/mol. The number of nitrogens with one attached hydrogen (secondary N) is 1. The number of benzene rings is 2. The van der Waals surface area contributed by atoms with Crippen molar-refractivity contribution in [3.8, 4) is 0 Å². The fourth-order valence-corrected chi connectivity index (χ4v) is 2.39. The molecule has 0 unspecified atom stereocenters. The normalized spacial score (nSPS) is 10.2. The van der Waals surface area contributed by atoms with Gasteiger partial charge in [0.15, 0.2) is 0 Å². The number of aromatic nitrogens is 1. The first-order chi connectivity index (χ1) is 9.61. The Hall–Kier alpha value is -1.77. The lowest BCUT2D eigenvalue weighted by Crippen LogP contribution is -3.00. The molecule has 108 valence electrons. The SMILES string of the molecule is Cc1ccc2nc(C)cc(Nc3ccc(Cl)cc3)c2c1.[Cl-]. The van der Waals surface area contributed by atoms with Gasteiger partial charge in [0.25, 0.3) is 0 Å². The molecule has 1 aromatic heterocycles. The Morgan fingerprint density at radius 1 is 0.952 bits per heavy atom. The first-order valence-corrected chi connectivity index (χ1v) is 6.90. The highest BCUT2D eigenvalue weighted by atomic mass is 35.5. The molecule has 2 nitrogen and oxygen atoms in total. The van der Waals surface area contributed by atoms with Crippen LogP contribution < -0.4 is 17.7 Å². The number of hydrogen-bond acceptors (Lipinski definition) is 2. The van der Waals surface area contributed by atoms with E-state index in [0.29, 0.717) is 0 Å². The molecule has 1 N–H and O–H groups in total. The summed E-state index contributed by atoms with van der Waals surface area (Å²) < 4.78 is 0. The molecule has 0 aliphatic rings. The van der Waals surface area contributed by atoms with Crippen molar-refractivity contribution in [1.29, 1.82) is 0 Å². The number of halogens is 2. The first kappa shape index (κ1) is 15.6. The zero-order valence-electron chi connectivity index (χ0n) is 11.8. The van der Waals surface area contributed by atoms with Crippen molar-refractivity contribution in [2.45, 2.75) is 13.8 Å². The van der Waals surface area contributed by atoms with E-state index < -0.39 is 0 Å². The molecule has 3 rings (SSSR count). The van der Waals surface area contributed by atoms with Crippen LogP contribution in [0.2, 0.25) is 5.02 Å².